The number of rotatable bonds is 3. The van der Waals surface area contributed by atoms with Crippen molar-refractivity contribution in [1.29, 1.82) is 0 Å². The fraction of sp³-hybridized carbons (Fsp3) is 0.222. The van der Waals surface area contributed by atoms with Crippen LogP contribution < -0.4 is 11.5 Å². The first kappa shape index (κ1) is 12.5. The number of aromatic nitrogens is 1. The van der Waals surface area contributed by atoms with Gasteiger partial charge in [0.1, 0.15) is 6.04 Å². The van der Waals surface area contributed by atoms with Crippen molar-refractivity contribution in [2.24, 2.45) is 11.5 Å². The van der Waals surface area contributed by atoms with Crippen molar-refractivity contribution in [2.75, 3.05) is 6.54 Å². The van der Waals surface area contributed by atoms with Crippen LogP contribution >= 0.6 is 0 Å². The summed E-state index contributed by atoms with van der Waals surface area (Å²) in [7, 11) is -4.04. The molecule has 1 atom stereocenters. The summed E-state index contributed by atoms with van der Waals surface area (Å²) in [5, 5.41) is -0.327. The average Bonchev–Trinajstić information content (AvgIpc) is 2.51. The Morgan fingerprint density at radius 1 is 1.50 bits per heavy atom. The van der Waals surface area contributed by atoms with Crippen LogP contribution in [0.15, 0.2) is 23.4 Å². The highest BCUT2D eigenvalue weighted by Gasteiger charge is 2.43. The lowest BCUT2D eigenvalue weighted by Gasteiger charge is -2.17. The third-order valence-electron chi connectivity index (χ3n) is 2.49. The highest BCUT2D eigenvalue weighted by atomic mass is 32.2. The maximum absolute atomic E-state index is 12.0. The molecule has 1 aromatic rings. The number of carbonyl (C=O) groups excluding carboxylic acids is 2. The Hall–Kier alpha value is -2.00. The number of carbonyl (C=O) groups is 2. The third kappa shape index (κ3) is 1.73. The number of pyridine rings is 1. The van der Waals surface area contributed by atoms with Gasteiger partial charge in [-0.15, -0.1) is 0 Å². The molecule has 1 aromatic heterocycles. The summed E-state index contributed by atoms with van der Waals surface area (Å²) in [5.41, 5.74) is 10.3. The van der Waals surface area contributed by atoms with Gasteiger partial charge < -0.3 is 11.5 Å². The number of fused-ring (bicyclic) bond motifs is 1. The van der Waals surface area contributed by atoms with E-state index in [2.05, 4.69) is 4.98 Å². The number of hydrogen-bond acceptors (Lipinski definition) is 6. The molecule has 4 N–H and O–H groups in total. The van der Waals surface area contributed by atoms with Crippen LogP contribution in [0.1, 0.15) is 10.4 Å². The topological polar surface area (TPSA) is 136 Å². The summed E-state index contributed by atoms with van der Waals surface area (Å²) in [5.74, 6) is -1.64. The summed E-state index contributed by atoms with van der Waals surface area (Å²) in [4.78, 5) is 26.4. The van der Waals surface area contributed by atoms with Crippen LogP contribution in [-0.4, -0.2) is 42.1 Å². The van der Waals surface area contributed by atoms with Crippen molar-refractivity contribution in [2.45, 2.75) is 11.1 Å². The van der Waals surface area contributed by atoms with Gasteiger partial charge in [-0.3, -0.25) is 9.59 Å². The van der Waals surface area contributed by atoms with Crippen molar-refractivity contribution >= 4 is 21.8 Å². The zero-order valence-corrected chi connectivity index (χ0v) is 9.92. The molecule has 1 unspecified atom stereocenters. The highest BCUT2D eigenvalue weighted by Crippen LogP contribution is 2.27. The second-order valence-corrected chi connectivity index (χ2v) is 5.48. The Morgan fingerprint density at radius 3 is 2.72 bits per heavy atom. The van der Waals surface area contributed by atoms with Gasteiger partial charge >= 0.3 is 0 Å². The Bertz CT molecular complexity index is 627. The maximum Gasteiger partial charge on any atom is 0.285 e. The second kappa shape index (κ2) is 4.03. The lowest BCUT2D eigenvalue weighted by Crippen LogP contribution is -2.47. The molecular formula is C9H10N4O4S. The number of sulfonamides is 1. The average molecular weight is 270 g/mol. The molecule has 1 aliphatic rings. The van der Waals surface area contributed by atoms with Gasteiger partial charge in [-0.1, -0.05) is 0 Å². The van der Waals surface area contributed by atoms with E-state index in [9.17, 15) is 18.0 Å². The normalized spacial score (nSPS) is 18.5. The van der Waals surface area contributed by atoms with Crippen LogP contribution in [0.3, 0.4) is 0 Å². The first-order valence-electron chi connectivity index (χ1n) is 4.92. The van der Waals surface area contributed by atoms with Gasteiger partial charge in [0.15, 0.2) is 5.03 Å². The fourth-order valence-electron chi connectivity index (χ4n) is 1.56. The van der Waals surface area contributed by atoms with Crippen molar-refractivity contribution in [3.05, 3.63) is 23.9 Å². The summed E-state index contributed by atoms with van der Waals surface area (Å²) in [6.07, 6.45) is 1.27. The van der Waals surface area contributed by atoms with Crippen LogP contribution in [0.25, 0.3) is 0 Å². The minimum atomic E-state index is -4.04. The molecule has 0 saturated carbocycles. The number of nitrogens with zero attached hydrogens (tertiary/aromatic N) is 2. The SMILES string of the molecule is NC(=O)C(N)CN1C(=O)c2cccnc2S1(=O)=O. The zero-order valence-electron chi connectivity index (χ0n) is 9.11. The van der Waals surface area contributed by atoms with Crippen LogP contribution in [-0.2, 0) is 14.8 Å². The van der Waals surface area contributed by atoms with E-state index in [1.54, 1.807) is 0 Å². The maximum atomic E-state index is 12.0. The number of nitrogens with two attached hydrogens (primary N) is 2. The molecule has 0 saturated heterocycles. The molecule has 18 heavy (non-hydrogen) atoms. The highest BCUT2D eigenvalue weighted by molar-refractivity contribution is 7.90. The molecule has 96 valence electrons. The minimum Gasteiger partial charge on any atom is -0.368 e. The van der Waals surface area contributed by atoms with Crippen LogP contribution in [0.4, 0.5) is 0 Å². The van der Waals surface area contributed by atoms with E-state index in [1.165, 1.54) is 18.3 Å². The molecule has 8 nitrogen and oxygen atoms in total. The summed E-state index contributed by atoms with van der Waals surface area (Å²) in [6.45, 7) is -0.493. The molecule has 0 aliphatic carbocycles. The van der Waals surface area contributed by atoms with E-state index in [4.69, 9.17) is 11.5 Å². The first-order valence-corrected chi connectivity index (χ1v) is 6.36. The number of hydrogen-bond donors (Lipinski definition) is 2. The van der Waals surface area contributed by atoms with Crippen molar-refractivity contribution in [3.8, 4) is 0 Å². The van der Waals surface area contributed by atoms with Crippen molar-refractivity contribution in [3.63, 3.8) is 0 Å². The largest absolute Gasteiger partial charge is 0.368 e. The Labute approximate surface area is 103 Å². The second-order valence-electron chi connectivity index (χ2n) is 3.71. The minimum absolute atomic E-state index is 0.0332. The molecule has 0 fully saturated rings. The van der Waals surface area contributed by atoms with Crippen LogP contribution in [0.5, 0.6) is 0 Å². The summed E-state index contributed by atoms with van der Waals surface area (Å²) in [6, 6.07) is 1.54. The predicted molar refractivity (Wildman–Crippen MR) is 59.6 cm³/mol. The zero-order chi connectivity index (χ0) is 13.5. The predicted octanol–water partition coefficient (Wildman–Crippen LogP) is -1.96. The quantitative estimate of drug-likeness (QED) is 0.654. The van der Waals surface area contributed by atoms with E-state index in [0.29, 0.717) is 4.31 Å². The van der Waals surface area contributed by atoms with Gasteiger partial charge in [-0.2, -0.15) is 8.42 Å². The van der Waals surface area contributed by atoms with E-state index >= 15 is 0 Å². The molecule has 0 aromatic carbocycles. The lowest BCUT2D eigenvalue weighted by atomic mass is 10.2. The van der Waals surface area contributed by atoms with E-state index in [1.807, 2.05) is 0 Å². The molecule has 2 amide bonds. The summed E-state index contributed by atoms with van der Waals surface area (Å²) < 4.78 is 24.5. The third-order valence-corrected chi connectivity index (χ3v) is 4.20. The smallest absolute Gasteiger partial charge is 0.285 e. The number of primary amides is 1. The van der Waals surface area contributed by atoms with Crippen molar-refractivity contribution in [1.82, 2.24) is 9.29 Å². The molecule has 1 aliphatic heterocycles. The van der Waals surface area contributed by atoms with E-state index < -0.39 is 34.4 Å². The Kier molecular flexibility index (Phi) is 2.79. The fourth-order valence-corrected chi connectivity index (χ4v) is 3.07. The molecule has 0 radical (unpaired) electrons. The van der Waals surface area contributed by atoms with E-state index in [0.717, 1.165) is 0 Å². The molecule has 2 heterocycles. The van der Waals surface area contributed by atoms with Gasteiger partial charge in [-0.25, -0.2) is 9.29 Å². The molecule has 0 bridgehead atoms. The monoisotopic (exact) mass is 270 g/mol. The first-order chi connectivity index (χ1) is 8.35. The van der Waals surface area contributed by atoms with Gasteiger partial charge in [0.25, 0.3) is 15.9 Å². The summed E-state index contributed by atoms with van der Waals surface area (Å²) >= 11 is 0. The standard InChI is InChI=1S/C9H10N4O4S/c10-6(7(11)14)4-13-9(15)5-2-1-3-12-8(5)18(13,16)17/h1-3,6H,4,10H2,(H2,11,14). The molecular weight excluding hydrogens is 260 g/mol. The van der Waals surface area contributed by atoms with Gasteiger partial charge in [0, 0.05) is 6.20 Å². The molecule has 2 rings (SSSR count). The lowest BCUT2D eigenvalue weighted by molar-refractivity contribution is -0.119. The van der Waals surface area contributed by atoms with Gasteiger partial charge in [0.05, 0.1) is 12.1 Å². The van der Waals surface area contributed by atoms with E-state index in [-0.39, 0.29) is 10.6 Å². The number of amides is 2. The van der Waals surface area contributed by atoms with Gasteiger partial charge in [-0.05, 0) is 12.1 Å². The van der Waals surface area contributed by atoms with Crippen molar-refractivity contribution < 1.29 is 18.0 Å². The Balaban J connectivity index is 2.43. The molecule has 9 heteroatoms. The van der Waals surface area contributed by atoms with Crippen LogP contribution in [0.2, 0.25) is 0 Å². The van der Waals surface area contributed by atoms with Gasteiger partial charge in [0.2, 0.25) is 5.91 Å². The molecule has 0 spiro atoms. The van der Waals surface area contributed by atoms with Crippen LogP contribution in [0, 0.1) is 0 Å². The Morgan fingerprint density at radius 2 is 2.17 bits per heavy atom.